The molecular weight excluding hydrogens is 308 g/mol. The van der Waals surface area contributed by atoms with Crippen LogP contribution in [0.3, 0.4) is 0 Å². The van der Waals surface area contributed by atoms with Gasteiger partial charge >= 0.3 is 6.09 Å². The van der Waals surface area contributed by atoms with Gasteiger partial charge in [0.15, 0.2) is 0 Å². The highest BCUT2D eigenvalue weighted by Gasteiger charge is 2.53. The topological polar surface area (TPSA) is 42.4 Å². The SMILES string of the molecule is CC(C)(C)OC(=O)N1C(c2ccc3scnc3c2)=CC12CCC2. The van der Waals surface area contributed by atoms with Gasteiger partial charge in [-0.3, -0.25) is 4.90 Å². The maximum Gasteiger partial charge on any atom is 0.415 e. The number of hydrogen-bond acceptors (Lipinski definition) is 4. The highest BCUT2D eigenvalue weighted by Crippen LogP contribution is 2.52. The van der Waals surface area contributed by atoms with Gasteiger partial charge < -0.3 is 4.74 Å². The van der Waals surface area contributed by atoms with Crippen LogP contribution in [0.4, 0.5) is 4.79 Å². The van der Waals surface area contributed by atoms with E-state index in [1.54, 1.807) is 11.3 Å². The van der Waals surface area contributed by atoms with Gasteiger partial charge in [0.2, 0.25) is 0 Å². The van der Waals surface area contributed by atoms with Gasteiger partial charge in [-0.15, -0.1) is 11.3 Å². The van der Waals surface area contributed by atoms with Gasteiger partial charge in [0.05, 0.1) is 27.0 Å². The molecule has 23 heavy (non-hydrogen) atoms. The summed E-state index contributed by atoms with van der Waals surface area (Å²) in [7, 11) is 0. The van der Waals surface area contributed by atoms with Gasteiger partial charge in [0.1, 0.15) is 5.60 Å². The van der Waals surface area contributed by atoms with E-state index in [9.17, 15) is 4.79 Å². The summed E-state index contributed by atoms with van der Waals surface area (Å²) in [6, 6.07) is 6.19. The number of thiazole rings is 1. The molecule has 1 saturated carbocycles. The summed E-state index contributed by atoms with van der Waals surface area (Å²) in [4.78, 5) is 18.9. The van der Waals surface area contributed by atoms with E-state index in [-0.39, 0.29) is 11.6 Å². The first-order valence-corrected chi connectivity index (χ1v) is 8.86. The zero-order chi connectivity index (χ0) is 16.2. The van der Waals surface area contributed by atoms with E-state index in [0.717, 1.165) is 40.7 Å². The Labute approximate surface area is 139 Å². The zero-order valence-corrected chi connectivity index (χ0v) is 14.4. The van der Waals surface area contributed by atoms with Crippen molar-refractivity contribution >= 4 is 33.3 Å². The van der Waals surface area contributed by atoms with Crippen molar-refractivity contribution in [1.29, 1.82) is 0 Å². The van der Waals surface area contributed by atoms with E-state index in [1.165, 1.54) is 0 Å². The van der Waals surface area contributed by atoms with Crippen LogP contribution in [0.1, 0.15) is 45.6 Å². The third-order valence-electron chi connectivity index (χ3n) is 4.51. The molecular formula is C18H20N2O2S. The van der Waals surface area contributed by atoms with Crippen molar-refractivity contribution in [1.82, 2.24) is 9.88 Å². The van der Waals surface area contributed by atoms with Gasteiger partial charge in [-0.1, -0.05) is 6.07 Å². The lowest BCUT2D eigenvalue weighted by Gasteiger charge is -2.55. The molecule has 120 valence electrons. The van der Waals surface area contributed by atoms with Crippen LogP contribution in [0.25, 0.3) is 15.9 Å². The number of carbonyl (C=O) groups is 1. The van der Waals surface area contributed by atoms with Gasteiger partial charge in [-0.25, -0.2) is 9.78 Å². The highest BCUT2D eigenvalue weighted by molar-refractivity contribution is 7.16. The van der Waals surface area contributed by atoms with Crippen molar-refractivity contribution in [3.63, 3.8) is 0 Å². The summed E-state index contributed by atoms with van der Waals surface area (Å²) in [6.07, 6.45) is 5.19. The van der Waals surface area contributed by atoms with E-state index in [4.69, 9.17) is 4.74 Å². The summed E-state index contributed by atoms with van der Waals surface area (Å²) in [6.45, 7) is 5.72. The number of fused-ring (bicyclic) bond motifs is 1. The van der Waals surface area contributed by atoms with Gasteiger partial charge in [0, 0.05) is 5.56 Å². The van der Waals surface area contributed by atoms with Crippen molar-refractivity contribution < 1.29 is 9.53 Å². The Morgan fingerprint density at radius 2 is 2.13 bits per heavy atom. The molecule has 1 fully saturated rings. The third-order valence-corrected chi connectivity index (χ3v) is 5.32. The lowest BCUT2D eigenvalue weighted by molar-refractivity contribution is 0.00108. The Kier molecular flexibility index (Phi) is 3.07. The number of rotatable bonds is 1. The Morgan fingerprint density at radius 3 is 2.78 bits per heavy atom. The van der Waals surface area contributed by atoms with Gasteiger partial charge in [-0.2, -0.15) is 0 Å². The van der Waals surface area contributed by atoms with Crippen molar-refractivity contribution in [3.05, 3.63) is 35.3 Å². The van der Waals surface area contributed by atoms with Crippen LogP contribution in [0.5, 0.6) is 0 Å². The number of aromatic nitrogens is 1. The van der Waals surface area contributed by atoms with Crippen molar-refractivity contribution in [2.75, 3.05) is 0 Å². The minimum atomic E-state index is -0.485. The molecule has 4 nitrogen and oxygen atoms in total. The van der Waals surface area contributed by atoms with Crippen molar-refractivity contribution in [3.8, 4) is 0 Å². The van der Waals surface area contributed by atoms with Crippen LogP contribution in [0.15, 0.2) is 29.8 Å². The first kappa shape index (κ1) is 14.7. The normalized spacial score (nSPS) is 19.3. The molecule has 1 aromatic heterocycles. The minimum absolute atomic E-state index is 0.116. The van der Waals surface area contributed by atoms with E-state index >= 15 is 0 Å². The molecule has 1 aromatic carbocycles. The molecule has 0 unspecified atom stereocenters. The smallest absolute Gasteiger partial charge is 0.415 e. The van der Waals surface area contributed by atoms with Crippen LogP contribution in [0.2, 0.25) is 0 Å². The molecule has 2 aliphatic rings. The van der Waals surface area contributed by atoms with E-state index in [2.05, 4.69) is 29.3 Å². The second-order valence-corrected chi connectivity index (χ2v) is 8.22. The fourth-order valence-electron chi connectivity index (χ4n) is 3.28. The number of nitrogens with zero attached hydrogens (tertiary/aromatic N) is 2. The molecule has 0 bridgehead atoms. The molecule has 2 heterocycles. The Bertz CT molecular complexity index is 812. The minimum Gasteiger partial charge on any atom is -0.443 e. The molecule has 0 N–H and O–H groups in total. The quantitative estimate of drug-likeness (QED) is 0.754. The number of amides is 1. The summed E-state index contributed by atoms with van der Waals surface area (Å²) < 4.78 is 6.79. The third kappa shape index (κ3) is 2.34. The fourth-order valence-corrected chi connectivity index (χ4v) is 3.94. The van der Waals surface area contributed by atoms with Crippen LogP contribution in [0, 0.1) is 0 Å². The summed E-state index contributed by atoms with van der Waals surface area (Å²) in [5, 5.41) is 0. The molecule has 1 amide bonds. The average molecular weight is 328 g/mol. The number of hydrogen-bond donors (Lipinski definition) is 0. The van der Waals surface area contributed by atoms with Gasteiger partial charge in [0.25, 0.3) is 0 Å². The Balaban J connectivity index is 1.69. The summed E-state index contributed by atoms with van der Waals surface area (Å²) >= 11 is 1.63. The van der Waals surface area contributed by atoms with E-state index in [0.29, 0.717) is 0 Å². The lowest BCUT2D eigenvalue weighted by Crippen LogP contribution is -2.60. The van der Waals surface area contributed by atoms with Crippen LogP contribution >= 0.6 is 11.3 Å². The molecule has 1 spiro atoms. The second-order valence-electron chi connectivity index (χ2n) is 7.34. The van der Waals surface area contributed by atoms with Crippen molar-refractivity contribution in [2.24, 2.45) is 0 Å². The summed E-state index contributed by atoms with van der Waals surface area (Å²) in [5.74, 6) is 0. The lowest BCUT2D eigenvalue weighted by atomic mass is 9.69. The molecule has 4 rings (SSSR count). The Morgan fingerprint density at radius 1 is 1.35 bits per heavy atom. The molecule has 0 atom stereocenters. The predicted molar refractivity (Wildman–Crippen MR) is 92.3 cm³/mol. The largest absolute Gasteiger partial charge is 0.443 e. The number of benzene rings is 1. The Hall–Kier alpha value is -1.88. The average Bonchev–Trinajstić information content (AvgIpc) is 2.80. The molecule has 2 aromatic rings. The second kappa shape index (κ2) is 4.81. The van der Waals surface area contributed by atoms with E-state index < -0.39 is 5.60 Å². The maximum atomic E-state index is 12.7. The van der Waals surface area contributed by atoms with Crippen LogP contribution in [-0.4, -0.2) is 27.1 Å². The molecule has 5 heteroatoms. The maximum absolute atomic E-state index is 12.7. The van der Waals surface area contributed by atoms with Crippen LogP contribution in [-0.2, 0) is 4.74 Å². The zero-order valence-electron chi connectivity index (χ0n) is 13.6. The predicted octanol–water partition coefficient (Wildman–Crippen LogP) is 4.81. The van der Waals surface area contributed by atoms with Crippen molar-refractivity contribution in [2.45, 2.75) is 51.2 Å². The fraction of sp³-hybridized carbons (Fsp3) is 0.444. The van der Waals surface area contributed by atoms with E-state index in [1.807, 2.05) is 31.2 Å². The number of carbonyl (C=O) groups excluding carboxylic acids is 1. The summed E-state index contributed by atoms with van der Waals surface area (Å²) in [5.41, 5.74) is 4.21. The standard InChI is InChI=1S/C18H20N2O2S/c1-17(2,3)22-16(21)20-14(10-18(20)7-4-8-18)12-5-6-15-13(9-12)19-11-23-15/h5-6,9-11H,4,7-8H2,1-3H3. The monoisotopic (exact) mass is 328 g/mol. The first-order valence-electron chi connectivity index (χ1n) is 7.98. The molecule has 1 aliphatic carbocycles. The molecule has 0 radical (unpaired) electrons. The highest BCUT2D eigenvalue weighted by atomic mass is 32.1. The van der Waals surface area contributed by atoms with Gasteiger partial charge in [-0.05, 0) is 58.2 Å². The number of ether oxygens (including phenoxy) is 1. The molecule has 0 saturated heterocycles. The first-order chi connectivity index (χ1) is 10.9. The molecule has 1 aliphatic heterocycles. The van der Waals surface area contributed by atoms with Crippen LogP contribution < -0.4 is 0 Å².